The Labute approximate surface area is 161 Å². The van der Waals surface area contributed by atoms with Gasteiger partial charge in [0, 0.05) is 13.1 Å². The SMILES string of the molecule is CCOc1ccccc1-c1nc(CNCc2ccc(C(C)(C)C)cc2)co1. The second-order valence-electron chi connectivity index (χ2n) is 7.62. The average Bonchev–Trinajstić information content (AvgIpc) is 3.11. The first-order valence-electron chi connectivity index (χ1n) is 9.44. The van der Waals surface area contributed by atoms with Crippen LogP contribution in [0.15, 0.2) is 59.2 Å². The van der Waals surface area contributed by atoms with Gasteiger partial charge in [-0.3, -0.25) is 0 Å². The summed E-state index contributed by atoms with van der Waals surface area (Å²) in [5.41, 5.74) is 4.54. The largest absolute Gasteiger partial charge is 0.493 e. The second kappa shape index (κ2) is 8.40. The van der Waals surface area contributed by atoms with Crippen LogP contribution in [0.4, 0.5) is 0 Å². The van der Waals surface area contributed by atoms with E-state index < -0.39 is 0 Å². The maximum absolute atomic E-state index is 5.66. The third-order valence-electron chi connectivity index (χ3n) is 4.42. The number of rotatable bonds is 7. The number of ether oxygens (including phenoxy) is 1. The molecule has 0 aliphatic carbocycles. The highest BCUT2D eigenvalue weighted by Crippen LogP contribution is 2.29. The summed E-state index contributed by atoms with van der Waals surface area (Å²) in [5.74, 6) is 1.38. The molecule has 0 atom stereocenters. The van der Waals surface area contributed by atoms with Crippen LogP contribution in [0.25, 0.3) is 11.5 Å². The van der Waals surface area contributed by atoms with Crippen molar-refractivity contribution in [3.05, 3.63) is 71.6 Å². The minimum absolute atomic E-state index is 0.181. The highest BCUT2D eigenvalue weighted by Gasteiger charge is 2.13. The van der Waals surface area contributed by atoms with Gasteiger partial charge in [0.2, 0.25) is 5.89 Å². The summed E-state index contributed by atoms with van der Waals surface area (Å²) >= 11 is 0. The van der Waals surface area contributed by atoms with Crippen molar-refractivity contribution in [2.24, 2.45) is 0 Å². The molecule has 4 heteroatoms. The van der Waals surface area contributed by atoms with E-state index in [0.717, 1.165) is 23.6 Å². The molecule has 0 aliphatic rings. The van der Waals surface area contributed by atoms with Crippen molar-refractivity contribution in [3.8, 4) is 17.2 Å². The van der Waals surface area contributed by atoms with Gasteiger partial charge < -0.3 is 14.5 Å². The third-order valence-corrected chi connectivity index (χ3v) is 4.42. The fourth-order valence-electron chi connectivity index (χ4n) is 2.89. The van der Waals surface area contributed by atoms with Gasteiger partial charge >= 0.3 is 0 Å². The first-order chi connectivity index (χ1) is 13.0. The van der Waals surface area contributed by atoms with E-state index in [-0.39, 0.29) is 5.41 Å². The Morgan fingerprint density at radius 2 is 1.74 bits per heavy atom. The van der Waals surface area contributed by atoms with Crippen LogP contribution in [0, 0.1) is 0 Å². The Morgan fingerprint density at radius 3 is 2.44 bits per heavy atom. The van der Waals surface area contributed by atoms with Crippen LogP contribution in [0.3, 0.4) is 0 Å². The van der Waals surface area contributed by atoms with Gasteiger partial charge in [-0.2, -0.15) is 0 Å². The zero-order valence-corrected chi connectivity index (χ0v) is 16.6. The minimum atomic E-state index is 0.181. The summed E-state index contributed by atoms with van der Waals surface area (Å²) in [6.07, 6.45) is 1.70. The maximum atomic E-state index is 5.66. The number of oxazole rings is 1. The van der Waals surface area contributed by atoms with Gasteiger partial charge in [-0.15, -0.1) is 0 Å². The van der Waals surface area contributed by atoms with Crippen molar-refractivity contribution in [1.29, 1.82) is 0 Å². The number of hydrogen-bond acceptors (Lipinski definition) is 4. The Hall–Kier alpha value is -2.59. The molecule has 0 radical (unpaired) electrons. The van der Waals surface area contributed by atoms with Gasteiger partial charge in [0.15, 0.2) is 0 Å². The van der Waals surface area contributed by atoms with E-state index in [4.69, 9.17) is 9.15 Å². The van der Waals surface area contributed by atoms with Crippen LogP contribution < -0.4 is 10.1 Å². The number of benzene rings is 2. The lowest BCUT2D eigenvalue weighted by Crippen LogP contribution is -2.14. The summed E-state index contributed by atoms with van der Waals surface area (Å²) in [6, 6.07) is 16.6. The topological polar surface area (TPSA) is 47.3 Å². The summed E-state index contributed by atoms with van der Waals surface area (Å²) in [5, 5.41) is 3.43. The minimum Gasteiger partial charge on any atom is -0.493 e. The van der Waals surface area contributed by atoms with Gasteiger partial charge in [0.25, 0.3) is 0 Å². The van der Waals surface area contributed by atoms with Crippen LogP contribution in [-0.4, -0.2) is 11.6 Å². The van der Waals surface area contributed by atoms with E-state index in [0.29, 0.717) is 19.0 Å². The van der Waals surface area contributed by atoms with E-state index >= 15 is 0 Å². The predicted octanol–water partition coefficient (Wildman–Crippen LogP) is 5.33. The molecule has 0 saturated heterocycles. The molecule has 4 nitrogen and oxygen atoms in total. The van der Waals surface area contributed by atoms with Gasteiger partial charge in [0.05, 0.1) is 17.9 Å². The standard InChI is InChI=1S/C23H28N2O2/c1-5-26-21-9-7-6-8-20(21)22-25-19(16-27-22)15-24-14-17-10-12-18(13-11-17)23(2,3)4/h6-13,16,24H,5,14-15H2,1-4H3. The fraction of sp³-hybridized carbons (Fsp3) is 0.348. The molecule has 142 valence electrons. The molecule has 0 aliphatic heterocycles. The quantitative estimate of drug-likeness (QED) is 0.616. The van der Waals surface area contributed by atoms with Crippen LogP contribution in [0.2, 0.25) is 0 Å². The Kier molecular flexibility index (Phi) is 5.97. The fourth-order valence-corrected chi connectivity index (χ4v) is 2.89. The van der Waals surface area contributed by atoms with E-state index in [1.165, 1.54) is 11.1 Å². The van der Waals surface area contributed by atoms with Crippen molar-refractivity contribution in [1.82, 2.24) is 10.3 Å². The van der Waals surface area contributed by atoms with Gasteiger partial charge in [-0.25, -0.2) is 4.98 Å². The van der Waals surface area contributed by atoms with Crippen LogP contribution in [0.1, 0.15) is 44.5 Å². The Bertz CT molecular complexity index is 861. The molecule has 0 unspecified atom stereocenters. The number of hydrogen-bond donors (Lipinski definition) is 1. The zero-order valence-electron chi connectivity index (χ0n) is 16.6. The number of para-hydroxylation sites is 1. The maximum Gasteiger partial charge on any atom is 0.229 e. The van der Waals surface area contributed by atoms with E-state index in [9.17, 15) is 0 Å². The molecule has 0 spiro atoms. The molecule has 3 aromatic rings. The molecule has 2 aromatic carbocycles. The average molecular weight is 364 g/mol. The van der Waals surface area contributed by atoms with E-state index in [2.05, 4.69) is 55.3 Å². The highest BCUT2D eigenvalue weighted by molar-refractivity contribution is 5.62. The molecular weight excluding hydrogens is 336 g/mol. The van der Waals surface area contributed by atoms with Gasteiger partial charge in [-0.1, -0.05) is 57.2 Å². The van der Waals surface area contributed by atoms with Crippen molar-refractivity contribution in [2.75, 3.05) is 6.61 Å². The first-order valence-corrected chi connectivity index (χ1v) is 9.44. The summed E-state index contributed by atoms with van der Waals surface area (Å²) < 4.78 is 11.3. The molecule has 3 rings (SSSR count). The van der Waals surface area contributed by atoms with Crippen molar-refractivity contribution >= 4 is 0 Å². The molecule has 1 N–H and O–H groups in total. The molecule has 27 heavy (non-hydrogen) atoms. The van der Waals surface area contributed by atoms with E-state index in [1.807, 2.05) is 31.2 Å². The van der Waals surface area contributed by atoms with Crippen molar-refractivity contribution < 1.29 is 9.15 Å². The normalized spacial score (nSPS) is 11.6. The highest BCUT2D eigenvalue weighted by atomic mass is 16.5. The monoisotopic (exact) mass is 364 g/mol. The lowest BCUT2D eigenvalue weighted by molar-refractivity contribution is 0.340. The second-order valence-corrected chi connectivity index (χ2v) is 7.62. The Morgan fingerprint density at radius 1 is 1.00 bits per heavy atom. The van der Waals surface area contributed by atoms with Gasteiger partial charge in [-0.05, 0) is 35.6 Å². The predicted molar refractivity (Wildman–Crippen MR) is 109 cm³/mol. The third kappa shape index (κ3) is 4.98. The molecule has 0 fully saturated rings. The number of nitrogens with zero attached hydrogens (tertiary/aromatic N) is 1. The summed E-state index contributed by atoms with van der Waals surface area (Å²) in [4.78, 5) is 4.59. The number of aromatic nitrogens is 1. The van der Waals surface area contributed by atoms with E-state index in [1.54, 1.807) is 6.26 Å². The lowest BCUT2D eigenvalue weighted by atomic mass is 9.87. The molecule has 1 heterocycles. The Balaban J connectivity index is 1.59. The van der Waals surface area contributed by atoms with Crippen molar-refractivity contribution in [2.45, 2.75) is 46.2 Å². The lowest BCUT2D eigenvalue weighted by Gasteiger charge is -2.19. The summed E-state index contributed by atoms with van der Waals surface area (Å²) in [7, 11) is 0. The smallest absolute Gasteiger partial charge is 0.229 e. The molecule has 0 saturated carbocycles. The van der Waals surface area contributed by atoms with Gasteiger partial charge in [0.1, 0.15) is 12.0 Å². The van der Waals surface area contributed by atoms with Crippen LogP contribution >= 0.6 is 0 Å². The molecular formula is C23H28N2O2. The van der Waals surface area contributed by atoms with Crippen LogP contribution in [-0.2, 0) is 18.5 Å². The summed E-state index contributed by atoms with van der Waals surface area (Å²) in [6.45, 7) is 10.7. The van der Waals surface area contributed by atoms with Crippen molar-refractivity contribution in [3.63, 3.8) is 0 Å². The molecule has 1 aromatic heterocycles. The molecule has 0 bridgehead atoms. The molecule has 0 amide bonds. The van der Waals surface area contributed by atoms with Crippen LogP contribution in [0.5, 0.6) is 5.75 Å². The number of nitrogens with one attached hydrogen (secondary N) is 1. The zero-order chi connectivity index (χ0) is 19.3. The first kappa shape index (κ1) is 19.2.